The number of nitrogens with one attached hydrogen (secondary N) is 1. The van der Waals surface area contributed by atoms with E-state index in [1.165, 1.54) is 12.1 Å². The van der Waals surface area contributed by atoms with Crippen LogP contribution in [-0.4, -0.2) is 21.1 Å². The second-order valence-corrected chi connectivity index (χ2v) is 7.03. The van der Waals surface area contributed by atoms with E-state index in [0.717, 1.165) is 32.7 Å². The third-order valence-corrected chi connectivity index (χ3v) is 5.13. The van der Waals surface area contributed by atoms with Crippen LogP contribution >= 0.6 is 12.2 Å². The normalized spacial score (nSPS) is 11.6. The van der Waals surface area contributed by atoms with Gasteiger partial charge in [-0.15, -0.1) is 0 Å². The molecule has 0 aliphatic carbocycles. The molecular weight excluding hydrogens is 383 g/mol. The third kappa shape index (κ3) is 3.13. The molecule has 0 spiro atoms. The lowest BCUT2D eigenvalue weighted by molar-refractivity contribution is 0.628. The summed E-state index contributed by atoms with van der Waals surface area (Å²) in [6.07, 6.45) is 1.81. The van der Waals surface area contributed by atoms with Crippen LogP contribution in [0.4, 0.5) is 4.39 Å². The van der Waals surface area contributed by atoms with E-state index in [1.807, 2.05) is 30.5 Å². The summed E-state index contributed by atoms with van der Waals surface area (Å²) in [6.45, 7) is 0. The lowest BCUT2D eigenvalue weighted by Crippen LogP contribution is -1.96. The number of H-pyrrole nitrogens is 1. The van der Waals surface area contributed by atoms with Gasteiger partial charge in [0.2, 0.25) is 4.77 Å². The number of nitrogens with zero attached hydrogens (tertiary/aromatic N) is 3. The summed E-state index contributed by atoms with van der Waals surface area (Å²) in [5.41, 5.74) is 1.73. The maximum atomic E-state index is 13.3. The van der Waals surface area contributed by atoms with Gasteiger partial charge >= 0.3 is 0 Å². The van der Waals surface area contributed by atoms with Crippen LogP contribution in [0, 0.1) is 10.6 Å². The highest BCUT2D eigenvalue weighted by Crippen LogP contribution is 2.27. The van der Waals surface area contributed by atoms with Gasteiger partial charge in [-0.25, -0.2) is 9.49 Å². The highest BCUT2D eigenvalue weighted by molar-refractivity contribution is 7.71. The first-order valence-electron chi connectivity index (χ1n) is 9.09. The largest absolute Gasteiger partial charge is 0.250 e. The minimum Gasteiger partial charge on any atom is -0.250 e. The summed E-state index contributed by atoms with van der Waals surface area (Å²) in [5.74, 6) is 0.218. The van der Waals surface area contributed by atoms with E-state index in [1.54, 1.807) is 16.8 Å². The summed E-state index contributed by atoms with van der Waals surface area (Å²) in [5, 5.41) is 16.2. The molecule has 0 aliphatic heterocycles. The molecule has 1 N–H and O–H groups in total. The molecule has 6 heteroatoms. The van der Waals surface area contributed by atoms with Gasteiger partial charge in [-0.05, 0) is 64.1 Å². The Balaban J connectivity index is 1.70. The van der Waals surface area contributed by atoms with Gasteiger partial charge in [-0.2, -0.15) is 14.9 Å². The van der Waals surface area contributed by atoms with Crippen LogP contribution in [0.25, 0.3) is 32.9 Å². The van der Waals surface area contributed by atoms with E-state index in [2.05, 4.69) is 45.6 Å². The molecule has 0 radical (unpaired) electrons. The fraction of sp³-hybridized carbons (Fsp3) is 0. The van der Waals surface area contributed by atoms with Gasteiger partial charge in [-0.3, -0.25) is 0 Å². The van der Waals surface area contributed by atoms with Gasteiger partial charge < -0.3 is 0 Å². The third-order valence-electron chi connectivity index (χ3n) is 4.87. The molecule has 0 saturated heterocycles. The fourth-order valence-electron chi connectivity index (χ4n) is 3.49. The second kappa shape index (κ2) is 7.07. The molecule has 0 saturated carbocycles. The molecule has 4 nitrogen and oxygen atoms in total. The van der Waals surface area contributed by atoms with Gasteiger partial charge in [0, 0.05) is 11.1 Å². The maximum absolute atomic E-state index is 13.3. The molecule has 1 aromatic heterocycles. The van der Waals surface area contributed by atoms with Gasteiger partial charge in [0.25, 0.3) is 0 Å². The highest BCUT2D eigenvalue weighted by Gasteiger charge is 2.10. The van der Waals surface area contributed by atoms with Crippen molar-refractivity contribution < 1.29 is 4.39 Å². The summed E-state index contributed by atoms with van der Waals surface area (Å²) in [4.78, 5) is 0. The van der Waals surface area contributed by atoms with Crippen LogP contribution in [0.3, 0.4) is 0 Å². The van der Waals surface area contributed by atoms with Gasteiger partial charge in [-0.1, -0.05) is 48.5 Å². The summed E-state index contributed by atoms with van der Waals surface area (Å²) >= 11 is 5.36. The maximum Gasteiger partial charge on any atom is 0.216 e. The molecule has 1 heterocycles. The van der Waals surface area contributed by atoms with Crippen LogP contribution in [-0.2, 0) is 0 Å². The SMILES string of the molecule is Fc1ccc(-c2n[nH]c(=S)n2N=Cc2c3ccccc3cc3ccccc23)cc1. The van der Waals surface area contributed by atoms with Crippen molar-refractivity contribution in [2.24, 2.45) is 5.10 Å². The number of rotatable bonds is 3. The smallest absolute Gasteiger partial charge is 0.216 e. The Bertz CT molecular complexity index is 1380. The average Bonchev–Trinajstić information content (AvgIpc) is 3.12. The van der Waals surface area contributed by atoms with Crippen molar-refractivity contribution in [3.8, 4) is 11.4 Å². The van der Waals surface area contributed by atoms with E-state index >= 15 is 0 Å². The van der Waals surface area contributed by atoms with Crippen molar-refractivity contribution in [2.45, 2.75) is 0 Å². The first-order chi connectivity index (χ1) is 14.2. The lowest BCUT2D eigenvalue weighted by Gasteiger charge is -2.08. The van der Waals surface area contributed by atoms with Crippen molar-refractivity contribution in [2.75, 3.05) is 0 Å². The Hall–Kier alpha value is -3.64. The van der Waals surface area contributed by atoms with Gasteiger partial charge in [0.15, 0.2) is 5.82 Å². The molecule has 0 unspecified atom stereocenters. The Labute approximate surface area is 170 Å². The summed E-state index contributed by atoms with van der Waals surface area (Å²) in [7, 11) is 0. The van der Waals surface area contributed by atoms with Gasteiger partial charge in [0.1, 0.15) is 5.82 Å². The van der Waals surface area contributed by atoms with Crippen molar-refractivity contribution >= 4 is 40.0 Å². The standard InChI is InChI=1S/C23H15FN4S/c24-18-11-9-15(10-12-18)22-26-27-23(29)28(22)25-14-21-19-7-3-1-5-16(19)13-17-6-2-4-8-20(17)21/h1-14H,(H,27,29). The van der Waals surface area contributed by atoms with E-state index < -0.39 is 0 Å². The van der Waals surface area contributed by atoms with E-state index in [-0.39, 0.29) is 5.82 Å². The second-order valence-electron chi connectivity index (χ2n) is 6.65. The highest BCUT2D eigenvalue weighted by atomic mass is 32.1. The number of halogens is 1. The van der Waals surface area contributed by atoms with Crippen LogP contribution in [0.2, 0.25) is 0 Å². The first kappa shape index (κ1) is 17.5. The molecule has 0 bridgehead atoms. The summed E-state index contributed by atoms with van der Waals surface area (Å²) in [6, 6.07) is 24.7. The number of benzene rings is 4. The molecule has 140 valence electrons. The van der Waals surface area contributed by atoms with Gasteiger partial charge in [0.05, 0.1) is 6.21 Å². The number of fused-ring (bicyclic) bond motifs is 2. The zero-order valence-electron chi connectivity index (χ0n) is 15.2. The monoisotopic (exact) mass is 398 g/mol. The quantitative estimate of drug-likeness (QED) is 0.232. The molecule has 29 heavy (non-hydrogen) atoms. The topological polar surface area (TPSA) is 46.0 Å². The van der Waals surface area contributed by atoms with Crippen molar-refractivity contribution in [1.29, 1.82) is 0 Å². The molecule has 0 aliphatic rings. The van der Waals surface area contributed by atoms with Crippen molar-refractivity contribution in [3.05, 3.63) is 95.0 Å². The Morgan fingerprint density at radius 2 is 1.52 bits per heavy atom. The molecule has 5 aromatic rings. The Morgan fingerprint density at radius 1 is 0.897 bits per heavy atom. The van der Waals surface area contributed by atoms with Crippen LogP contribution < -0.4 is 0 Å². The molecule has 4 aromatic carbocycles. The van der Waals surface area contributed by atoms with Crippen LogP contribution in [0.15, 0.2) is 84.0 Å². The van der Waals surface area contributed by atoms with E-state index in [4.69, 9.17) is 12.2 Å². The zero-order valence-corrected chi connectivity index (χ0v) is 16.0. The minimum absolute atomic E-state index is 0.305. The average molecular weight is 398 g/mol. The predicted molar refractivity (Wildman–Crippen MR) is 117 cm³/mol. The fourth-order valence-corrected chi connectivity index (χ4v) is 3.67. The molecule has 0 fully saturated rings. The summed E-state index contributed by atoms with van der Waals surface area (Å²) < 4.78 is 15.2. The number of hydrogen-bond donors (Lipinski definition) is 1. The lowest BCUT2D eigenvalue weighted by atomic mass is 9.97. The number of aromatic nitrogens is 3. The number of aromatic amines is 1. The van der Waals surface area contributed by atoms with E-state index in [9.17, 15) is 4.39 Å². The molecule has 0 atom stereocenters. The molecular formula is C23H15FN4S. The molecule has 5 rings (SSSR count). The Morgan fingerprint density at radius 3 is 2.17 bits per heavy atom. The van der Waals surface area contributed by atoms with Crippen molar-refractivity contribution in [1.82, 2.24) is 14.9 Å². The predicted octanol–water partition coefficient (Wildman–Crippen LogP) is 5.94. The zero-order chi connectivity index (χ0) is 19.8. The first-order valence-corrected chi connectivity index (χ1v) is 9.50. The van der Waals surface area contributed by atoms with E-state index in [0.29, 0.717) is 10.6 Å². The van der Waals surface area contributed by atoms with Crippen LogP contribution in [0.5, 0.6) is 0 Å². The minimum atomic E-state index is -0.305. The van der Waals surface area contributed by atoms with Crippen molar-refractivity contribution in [3.63, 3.8) is 0 Å². The Kier molecular flexibility index (Phi) is 4.26. The number of hydrogen-bond acceptors (Lipinski definition) is 3. The molecule has 0 amide bonds. The van der Waals surface area contributed by atoms with Crippen LogP contribution in [0.1, 0.15) is 5.56 Å².